The molecule has 0 aliphatic heterocycles. The lowest BCUT2D eigenvalue weighted by molar-refractivity contribution is 0.113. The van der Waals surface area contributed by atoms with Crippen LogP contribution in [0.15, 0.2) is 24.3 Å². The summed E-state index contributed by atoms with van der Waals surface area (Å²) in [5.41, 5.74) is 2.60. The van der Waals surface area contributed by atoms with Crippen molar-refractivity contribution in [2.75, 3.05) is 6.54 Å². The van der Waals surface area contributed by atoms with Gasteiger partial charge in [-0.05, 0) is 24.0 Å². The first-order valence-corrected chi connectivity index (χ1v) is 6.08. The zero-order chi connectivity index (χ0) is 12.0. The Morgan fingerprint density at radius 3 is 2.62 bits per heavy atom. The molecule has 0 radical (unpaired) electrons. The predicted molar refractivity (Wildman–Crippen MR) is 68.3 cm³/mol. The van der Waals surface area contributed by atoms with E-state index in [0.717, 1.165) is 13.0 Å². The summed E-state index contributed by atoms with van der Waals surface area (Å²) in [7, 11) is 0. The van der Waals surface area contributed by atoms with Crippen molar-refractivity contribution in [3.05, 3.63) is 35.4 Å². The Balaban J connectivity index is 2.33. The molecule has 2 N–H and O–H groups in total. The molecule has 2 atom stereocenters. The molecule has 2 unspecified atom stereocenters. The SMILES string of the molecule is CCC(C)C(O)CNCc1ccccc1C. The van der Waals surface area contributed by atoms with E-state index >= 15 is 0 Å². The minimum absolute atomic E-state index is 0.242. The summed E-state index contributed by atoms with van der Waals surface area (Å²) < 4.78 is 0. The molecule has 0 aliphatic rings. The van der Waals surface area contributed by atoms with E-state index < -0.39 is 0 Å². The third-order valence-electron chi connectivity index (χ3n) is 3.23. The van der Waals surface area contributed by atoms with Crippen molar-refractivity contribution in [1.82, 2.24) is 5.32 Å². The van der Waals surface area contributed by atoms with E-state index in [-0.39, 0.29) is 6.10 Å². The Bertz CT molecular complexity index is 311. The maximum Gasteiger partial charge on any atom is 0.0690 e. The molecule has 0 bridgehead atoms. The fraction of sp³-hybridized carbons (Fsp3) is 0.571. The van der Waals surface area contributed by atoms with Gasteiger partial charge >= 0.3 is 0 Å². The average Bonchev–Trinajstić information content (AvgIpc) is 2.30. The van der Waals surface area contributed by atoms with Crippen molar-refractivity contribution in [3.63, 3.8) is 0 Å². The fourth-order valence-electron chi connectivity index (χ4n) is 1.64. The van der Waals surface area contributed by atoms with E-state index in [1.165, 1.54) is 11.1 Å². The largest absolute Gasteiger partial charge is 0.392 e. The summed E-state index contributed by atoms with van der Waals surface area (Å²) in [6.45, 7) is 7.81. The molecule has 16 heavy (non-hydrogen) atoms. The highest BCUT2D eigenvalue weighted by molar-refractivity contribution is 5.25. The number of hydrogen-bond donors (Lipinski definition) is 2. The van der Waals surface area contributed by atoms with Crippen molar-refractivity contribution < 1.29 is 5.11 Å². The zero-order valence-electron chi connectivity index (χ0n) is 10.5. The molecule has 90 valence electrons. The lowest BCUT2D eigenvalue weighted by Crippen LogP contribution is -2.31. The first-order chi connectivity index (χ1) is 7.65. The van der Waals surface area contributed by atoms with E-state index in [2.05, 4.69) is 44.3 Å². The number of hydrogen-bond acceptors (Lipinski definition) is 2. The minimum Gasteiger partial charge on any atom is -0.392 e. The van der Waals surface area contributed by atoms with Crippen molar-refractivity contribution in [2.24, 2.45) is 5.92 Å². The lowest BCUT2D eigenvalue weighted by Gasteiger charge is -2.18. The summed E-state index contributed by atoms with van der Waals surface area (Å²) in [5.74, 6) is 0.365. The number of benzene rings is 1. The lowest BCUT2D eigenvalue weighted by atomic mass is 10.0. The molecule has 0 saturated carbocycles. The van der Waals surface area contributed by atoms with Gasteiger partial charge in [-0.25, -0.2) is 0 Å². The summed E-state index contributed by atoms with van der Waals surface area (Å²) >= 11 is 0. The maximum absolute atomic E-state index is 9.80. The number of rotatable bonds is 6. The van der Waals surface area contributed by atoms with Gasteiger partial charge in [0.15, 0.2) is 0 Å². The zero-order valence-corrected chi connectivity index (χ0v) is 10.5. The molecular formula is C14H23NO. The van der Waals surface area contributed by atoms with Crippen molar-refractivity contribution in [2.45, 2.75) is 39.8 Å². The molecule has 0 aromatic heterocycles. The molecule has 1 aromatic rings. The predicted octanol–water partition coefficient (Wildman–Crippen LogP) is 2.49. The highest BCUT2D eigenvalue weighted by Crippen LogP contribution is 2.08. The van der Waals surface area contributed by atoms with Gasteiger partial charge < -0.3 is 10.4 Å². The van der Waals surface area contributed by atoms with Crippen LogP contribution in [0.25, 0.3) is 0 Å². The van der Waals surface area contributed by atoms with E-state index in [9.17, 15) is 5.11 Å². The Labute approximate surface area is 98.7 Å². The molecule has 0 heterocycles. The first-order valence-electron chi connectivity index (χ1n) is 6.08. The molecule has 2 heteroatoms. The second kappa shape index (κ2) is 6.66. The Morgan fingerprint density at radius 1 is 1.31 bits per heavy atom. The van der Waals surface area contributed by atoms with E-state index in [1.807, 2.05) is 6.07 Å². The molecule has 0 spiro atoms. The quantitative estimate of drug-likeness (QED) is 0.773. The molecule has 0 fully saturated rings. The molecule has 1 rings (SSSR count). The third kappa shape index (κ3) is 3.95. The van der Waals surface area contributed by atoms with Gasteiger partial charge in [0, 0.05) is 13.1 Å². The van der Waals surface area contributed by atoms with Gasteiger partial charge in [0.05, 0.1) is 6.10 Å². The molecule has 0 amide bonds. The van der Waals surface area contributed by atoms with Crippen molar-refractivity contribution in [1.29, 1.82) is 0 Å². The second-order valence-corrected chi connectivity index (χ2v) is 4.51. The van der Waals surface area contributed by atoms with Crippen LogP contribution >= 0.6 is 0 Å². The first kappa shape index (κ1) is 13.2. The van der Waals surface area contributed by atoms with Crippen LogP contribution < -0.4 is 5.32 Å². The second-order valence-electron chi connectivity index (χ2n) is 4.51. The van der Waals surface area contributed by atoms with Crippen LogP contribution in [0.5, 0.6) is 0 Å². The van der Waals surface area contributed by atoms with E-state index in [4.69, 9.17) is 0 Å². The minimum atomic E-state index is -0.242. The van der Waals surface area contributed by atoms with Crippen LogP contribution in [0.1, 0.15) is 31.4 Å². The Hall–Kier alpha value is -0.860. The summed E-state index contributed by atoms with van der Waals surface area (Å²) in [4.78, 5) is 0. The summed E-state index contributed by atoms with van der Waals surface area (Å²) in [5, 5.41) is 13.1. The molecular weight excluding hydrogens is 198 g/mol. The van der Waals surface area contributed by atoms with Gasteiger partial charge in [-0.2, -0.15) is 0 Å². The standard InChI is InChI=1S/C14H23NO/c1-4-11(2)14(16)10-15-9-13-8-6-5-7-12(13)3/h5-8,11,14-16H,4,9-10H2,1-3H3. The van der Waals surface area contributed by atoms with Crippen LogP contribution in [-0.4, -0.2) is 17.8 Å². The number of nitrogens with one attached hydrogen (secondary N) is 1. The highest BCUT2D eigenvalue weighted by Gasteiger charge is 2.11. The Kier molecular flexibility index (Phi) is 5.50. The molecule has 1 aromatic carbocycles. The molecule has 0 aliphatic carbocycles. The molecule has 0 saturated heterocycles. The average molecular weight is 221 g/mol. The fourth-order valence-corrected chi connectivity index (χ4v) is 1.64. The van der Waals surface area contributed by atoms with Gasteiger partial charge in [-0.1, -0.05) is 44.5 Å². The number of aliphatic hydroxyl groups excluding tert-OH is 1. The maximum atomic E-state index is 9.80. The van der Waals surface area contributed by atoms with Gasteiger partial charge in [0.2, 0.25) is 0 Å². The van der Waals surface area contributed by atoms with E-state index in [1.54, 1.807) is 0 Å². The summed E-state index contributed by atoms with van der Waals surface area (Å²) in [6.07, 6.45) is 0.779. The topological polar surface area (TPSA) is 32.3 Å². The smallest absolute Gasteiger partial charge is 0.0690 e. The van der Waals surface area contributed by atoms with Crippen molar-refractivity contribution in [3.8, 4) is 0 Å². The van der Waals surface area contributed by atoms with Crippen LogP contribution in [0, 0.1) is 12.8 Å². The normalized spacial score (nSPS) is 14.8. The number of aliphatic hydroxyl groups is 1. The van der Waals surface area contributed by atoms with Crippen molar-refractivity contribution >= 4 is 0 Å². The Morgan fingerprint density at radius 2 is 2.00 bits per heavy atom. The van der Waals surface area contributed by atoms with Gasteiger partial charge in [0.1, 0.15) is 0 Å². The highest BCUT2D eigenvalue weighted by atomic mass is 16.3. The number of aryl methyl sites for hydroxylation is 1. The van der Waals surface area contributed by atoms with Crippen LogP contribution in [-0.2, 0) is 6.54 Å². The van der Waals surface area contributed by atoms with Crippen LogP contribution in [0.2, 0.25) is 0 Å². The van der Waals surface area contributed by atoms with Crippen LogP contribution in [0.4, 0.5) is 0 Å². The van der Waals surface area contributed by atoms with Gasteiger partial charge in [-0.15, -0.1) is 0 Å². The molecule has 2 nitrogen and oxygen atoms in total. The van der Waals surface area contributed by atoms with Gasteiger partial charge in [0.25, 0.3) is 0 Å². The van der Waals surface area contributed by atoms with Crippen LogP contribution in [0.3, 0.4) is 0 Å². The van der Waals surface area contributed by atoms with E-state index in [0.29, 0.717) is 12.5 Å². The monoisotopic (exact) mass is 221 g/mol. The third-order valence-corrected chi connectivity index (χ3v) is 3.23. The summed E-state index contributed by atoms with van der Waals surface area (Å²) in [6, 6.07) is 8.34. The van der Waals surface area contributed by atoms with Gasteiger partial charge in [-0.3, -0.25) is 0 Å².